The van der Waals surface area contributed by atoms with E-state index in [0.29, 0.717) is 12.3 Å². The van der Waals surface area contributed by atoms with Crippen LogP contribution in [0.2, 0.25) is 0 Å². The molecule has 90 valence electrons. The van der Waals surface area contributed by atoms with Gasteiger partial charge in [-0.15, -0.1) is 0 Å². The summed E-state index contributed by atoms with van der Waals surface area (Å²) in [5.41, 5.74) is 3.56. The molecule has 0 radical (unpaired) electrons. The van der Waals surface area contributed by atoms with Crippen molar-refractivity contribution in [3.05, 3.63) is 33.4 Å². The molecule has 0 unspecified atom stereocenters. The van der Waals surface area contributed by atoms with E-state index in [4.69, 9.17) is 4.74 Å². The fraction of sp³-hybridized carbons (Fsp3) is 0.308. The Labute approximate surface area is 108 Å². The number of fused-ring (bicyclic) bond motifs is 1. The topological polar surface area (TPSA) is 42.1 Å². The van der Waals surface area contributed by atoms with E-state index in [1.54, 1.807) is 6.92 Å². The summed E-state index contributed by atoms with van der Waals surface area (Å²) in [6, 6.07) is 4.09. The zero-order valence-electron chi connectivity index (χ0n) is 10.1. The largest absolute Gasteiger partial charge is 0.461 e. The van der Waals surface area contributed by atoms with E-state index in [2.05, 4.69) is 27.0 Å². The summed E-state index contributed by atoms with van der Waals surface area (Å²) >= 11 is 3.50. The summed E-state index contributed by atoms with van der Waals surface area (Å²) in [5, 5.41) is 1.06. The van der Waals surface area contributed by atoms with Gasteiger partial charge >= 0.3 is 5.97 Å². The second-order valence-electron chi connectivity index (χ2n) is 4.01. The van der Waals surface area contributed by atoms with Gasteiger partial charge in [0.1, 0.15) is 5.69 Å². The van der Waals surface area contributed by atoms with Crippen LogP contribution in [0.25, 0.3) is 10.9 Å². The summed E-state index contributed by atoms with van der Waals surface area (Å²) < 4.78 is 5.99. The lowest BCUT2D eigenvalue weighted by atomic mass is 10.1. The summed E-state index contributed by atoms with van der Waals surface area (Å²) in [4.78, 5) is 14.9. The first-order chi connectivity index (χ1) is 8.04. The molecule has 1 aromatic carbocycles. The zero-order valence-corrected chi connectivity index (χ0v) is 11.6. The predicted octanol–water partition coefficient (Wildman–Crippen LogP) is 3.72. The fourth-order valence-corrected chi connectivity index (χ4v) is 2.60. The van der Waals surface area contributed by atoms with Crippen molar-refractivity contribution >= 4 is 32.8 Å². The van der Waals surface area contributed by atoms with Gasteiger partial charge in [0.05, 0.1) is 12.1 Å². The SMILES string of the molecule is CCOC(=O)c1[nH]c2c(Br)cc(C)cc2c1C. The molecule has 0 bridgehead atoms. The third-order valence-electron chi connectivity index (χ3n) is 2.74. The normalized spacial score (nSPS) is 10.8. The molecule has 1 aromatic heterocycles. The molecule has 0 aliphatic heterocycles. The van der Waals surface area contributed by atoms with E-state index in [9.17, 15) is 4.79 Å². The highest BCUT2D eigenvalue weighted by Gasteiger charge is 2.17. The third kappa shape index (κ3) is 2.09. The number of nitrogens with one attached hydrogen (secondary N) is 1. The van der Waals surface area contributed by atoms with Gasteiger partial charge < -0.3 is 9.72 Å². The van der Waals surface area contributed by atoms with Crippen molar-refractivity contribution in [1.29, 1.82) is 0 Å². The molecule has 0 fully saturated rings. The number of aromatic amines is 1. The molecule has 2 rings (SSSR count). The van der Waals surface area contributed by atoms with Gasteiger partial charge in [0.25, 0.3) is 0 Å². The molecule has 1 N–H and O–H groups in total. The monoisotopic (exact) mass is 295 g/mol. The average molecular weight is 296 g/mol. The van der Waals surface area contributed by atoms with E-state index >= 15 is 0 Å². The van der Waals surface area contributed by atoms with Crippen molar-refractivity contribution in [2.75, 3.05) is 6.61 Å². The first-order valence-electron chi connectivity index (χ1n) is 5.50. The lowest BCUT2D eigenvalue weighted by Gasteiger charge is -1.99. The van der Waals surface area contributed by atoms with Crippen LogP contribution in [0.1, 0.15) is 28.5 Å². The van der Waals surface area contributed by atoms with Crippen molar-refractivity contribution < 1.29 is 9.53 Å². The van der Waals surface area contributed by atoms with E-state index < -0.39 is 0 Å². The number of carbonyl (C=O) groups is 1. The molecule has 0 spiro atoms. The van der Waals surface area contributed by atoms with E-state index in [1.165, 1.54) is 0 Å². The maximum Gasteiger partial charge on any atom is 0.355 e. The van der Waals surface area contributed by atoms with Gasteiger partial charge in [-0.1, -0.05) is 0 Å². The van der Waals surface area contributed by atoms with Crippen molar-refractivity contribution in [2.24, 2.45) is 0 Å². The molecule has 17 heavy (non-hydrogen) atoms. The molecule has 0 saturated carbocycles. The van der Waals surface area contributed by atoms with Crippen LogP contribution in [-0.4, -0.2) is 17.6 Å². The zero-order chi connectivity index (χ0) is 12.6. The van der Waals surface area contributed by atoms with Crippen LogP contribution in [-0.2, 0) is 4.74 Å². The average Bonchev–Trinajstić information content (AvgIpc) is 2.57. The molecular weight excluding hydrogens is 282 g/mol. The van der Waals surface area contributed by atoms with Crippen LogP contribution >= 0.6 is 15.9 Å². The maximum atomic E-state index is 11.8. The number of aromatic nitrogens is 1. The molecular formula is C13H14BrNO2. The maximum absolute atomic E-state index is 11.8. The van der Waals surface area contributed by atoms with E-state index in [0.717, 1.165) is 26.5 Å². The smallest absolute Gasteiger partial charge is 0.355 e. The summed E-state index contributed by atoms with van der Waals surface area (Å²) in [7, 11) is 0. The van der Waals surface area contributed by atoms with Crippen LogP contribution in [0.15, 0.2) is 16.6 Å². The van der Waals surface area contributed by atoms with E-state index in [1.807, 2.05) is 19.9 Å². The van der Waals surface area contributed by atoms with Crippen molar-refractivity contribution in [3.8, 4) is 0 Å². The van der Waals surface area contributed by atoms with Gasteiger partial charge in [0.2, 0.25) is 0 Å². The highest BCUT2D eigenvalue weighted by atomic mass is 79.9. The molecule has 0 saturated heterocycles. The Morgan fingerprint density at radius 3 is 2.76 bits per heavy atom. The number of hydrogen-bond acceptors (Lipinski definition) is 2. The Hall–Kier alpha value is -1.29. The highest BCUT2D eigenvalue weighted by Crippen LogP contribution is 2.29. The van der Waals surface area contributed by atoms with Gasteiger partial charge in [-0.05, 0) is 60.0 Å². The van der Waals surface area contributed by atoms with Gasteiger partial charge in [-0.2, -0.15) is 0 Å². The Morgan fingerprint density at radius 1 is 1.41 bits per heavy atom. The summed E-state index contributed by atoms with van der Waals surface area (Å²) in [5.74, 6) is -0.300. The molecule has 3 nitrogen and oxygen atoms in total. The number of H-pyrrole nitrogens is 1. The highest BCUT2D eigenvalue weighted by molar-refractivity contribution is 9.10. The number of carbonyl (C=O) groups excluding carboxylic acids is 1. The molecule has 0 atom stereocenters. The van der Waals surface area contributed by atoms with Gasteiger partial charge in [0.15, 0.2) is 0 Å². The Morgan fingerprint density at radius 2 is 2.12 bits per heavy atom. The summed E-state index contributed by atoms with van der Waals surface area (Å²) in [6.07, 6.45) is 0. The van der Waals surface area contributed by atoms with Crippen LogP contribution < -0.4 is 0 Å². The molecule has 4 heteroatoms. The number of rotatable bonds is 2. The van der Waals surface area contributed by atoms with Crippen molar-refractivity contribution in [2.45, 2.75) is 20.8 Å². The molecule has 0 aliphatic carbocycles. The summed E-state index contributed by atoms with van der Waals surface area (Å²) in [6.45, 7) is 6.14. The number of esters is 1. The minimum absolute atomic E-state index is 0.300. The van der Waals surface area contributed by atoms with Gasteiger partial charge in [-0.25, -0.2) is 4.79 Å². The molecule has 1 heterocycles. The Kier molecular flexibility index (Phi) is 3.24. The van der Waals surface area contributed by atoms with Crippen LogP contribution in [0, 0.1) is 13.8 Å². The molecule has 2 aromatic rings. The quantitative estimate of drug-likeness (QED) is 0.858. The second kappa shape index (κ2) is 4.53. The molecule has 0 amide bonds. The van der Waals surface area contributed by atoms with Crippen LogP contribution in [0.5, 0.6) is 0 Å². The first kappa shape index (κ1) is 12.2. The lowest BCUT2D eigenvalue weighted by molar-refractivity contribution is 0.0520. The van der Waals surface area contributed by atoms with Gasteiger partial charge in [0, 0.05) is 9.86 Å². The number of aryl methyl sites for hydroxylation is 2. The Bertz CT molecular complexity index is 587. The van der Waals surface area contributed by atoms with Crippen LogP contribution in [0.3, 0.4) is 0 Å². The number of hydrogen-bond donors (Lipinski definition) is 1. The number of benzene rings is 1. The number of halogens is 1. The second-order valence-corrected chi connectivity index (χ2v) is 4.87. The van der Waals surface area contributed by atoms with Crippen molar-refractivity contribution in [3.63, 3.8) is 0 Å². The lowest BCUT2D eigenvalue weighted by Crippen LogP contribution is -2.06. The Balaban J connectivity index is 2.64. The van der Waals surface area contributed by atoms with Gasteiger partial charge in [-0.3, -0.25) is 0 Å². The standard InChI is InChI=1S/C13H14BrNO2/c1-4-17-13(16)11-8(3)9-5-7(2)6-10(14)12(9)15-11/h5-6,15H,4H2,1-3H3. The third-order valence-corrected chi connectivity index (χ3v) is 3.37. The van der Waals surface area contributed by atoms with Crippen LogP contribution in [0.4, 0.5) is 0 Å². The predicted molar refractivity (Wildman–Crippen MR) is 71.4 cm³/mol. The minimum atomic E-state index is -0.300. The first-order valence-corrected chi connectivity index (χ1v) is 6.29. The minimum Gasteiger partial charge on any atom is -0.461 e. The number of ether oxygens (including phenoxy) is 1. The fourth-order valence-electron chi connectivity index (χ4n) is 1.93. The van der Waals surface area contributed by atoms with E-state index in [-0.39, 0.29) is 5.97 Å². The molecule has 0 aliphatic rings. The van der Waals surface area contributed by atoms with Crippen molar-refractivity contribution in [1.82, 2.24) is 4.98 Å².